The van der Waals surface area contributed by atoms with Gasteiger partial charge in [0, 0.05) is 130 Å². The molecule has 3 rings (SSSR count). The van der Waals surface area contributed by atoms with Crippen LogP contribution in [-0.2, 0) is 95.1 Å². The van der Waals surface area contributed by atoms with Crippen molar-refractivity contribution in [2.24, 2.45) is 91.5 Å². The standard InChI is InChI=1S/C75H125N18O20PS/c1-7-45(4)67(92-71(106)54(78)16-13-30-86-75(81)82)65(101)37-49(34-51-40-84-43-87-51)61(97)35-47(26-32-115(6)112)62(98)39-53(44(2)3)70(105)90-57(33-46-20-22-52(95)23-21-46)64(100)38-50(41-94)69(104)89-55(17-8-10-27-76)63(99)36-48(15-12-29-85-74(79)80)68(103)91-58(42-113-114(109,110)111)60(96)24-25-66(102)88-56(18-9-11-28-77)73(108)93-31-14-19-59(93)72(107)83-5/h20-23,40,43-45,47-50,53-59,67,94-95H,7-19,24-39,41-42,76-78H2,1-6H3,(H,83,107)(H,84,87)(H,88,102)(H,89,104)(H,90,105)(H,91,103)(H,92,106)(H4,79,80,85)(H4,81,82,86)(H2,109,110,111)/t45-,47+,48+,49+,50-,53-,54-,55-,56-,57-,58-,59-,67-,115?/m0/s1. The van der Waals surface area contributed by atoms with Gasteiger partial charge in [0.25, 0.3) is 0 Å². The maximum absolute atomic E-state index is 14.8. The number of phenols is 1. The van der Waals surface area contributed by atoms with Gasteiger partial charge in [0.2, 0.25) is 41.4 Å². The van der Waals surface area contributed by atoms with Gasteiger partial charge in [0.15, 0.2) is 35.1 Å². The highest BCUT2D eigenvalue weighted by Crippen LogP contribution is 2.36. The van der Waals surface area contributed by atoms with E-state index in [0.29, 0.717) is 56.2 Å². The quantitative estimate of drug-likeness (QED) is 0.0156. The van der Waals surface area contributed by atoms with Crippen LogP contribution in [0, 0.1) is 41.4 Å². The Kier molecular flexibility index (Phi) is 46.0. The second kappa shape index (κ2) is 52.7. The molecule has 1 aliphatic heterocycles. The fourth-order valence-corrected chi connectivity index (χ4v) is 14.2. The predicted molar refractivity (Wildman–Crippen MR) is 429 cm³/mol. The first-order chi connectivity index (χ1) is 54.4. The van der Waals surface area contributed by atoms with E-state index in [0.717, 1.165) is 0 Å². The number of benzene rings is 1. The summed E-state index contributed by atoms with van der Waals surface area (Å²) >= 11 is 0. The number of imidazole rings is 1. The number of hydrogen-bond donors (Lipinski definition) is 18. The van der Waals surface area contributed by atoms with Crippen LogP contribution >= 0.6 is 7.82 Å². The molecule has 38 nitrogen and oxygen atoms in total. The van der Waals surface area contributed by atoms with Crippen LogP contribution in [0.25, 0.3) is 0 Å². The van der Waals surface area contributed by atoms with E-state index < -0.39 is 230 Å². The lowest BCUT2D eigenvalue weighted by atomic mass is 9.80. The van der Waals surface area contributed by atoms with Crippen molar-refractivity contribution in [1.82, 2.24) is 46.8 Å². The molecule has 14 atom stereocenters. The number of phenolic OH excluding ortho intramolecular Hbond substituents is 1. The van der Waals surface area contributed by atoms with Crippen molar-refractivity contribution in [1.29, 1.82) is 0 Å². The highest BCUT2D eigenvalue weighted by molar-refractivity contribution is 7.84. The van der Waals surface area contributed by atoms with Crippen LogP contribution in [0.3, 0.4) is 0 Å². The first kappa shape index (κ1) is 100. The number of nitrogens with two attached hydrogens (primary N) is 7. The number of phosphoric acid groups is 1. The summed E-state index contributed by atoms with van der Waals surface area (Å²) in [6.07, 6.45) is 3.14. The summed E-state index contributed by atoms with van der Waals surface area (Å²) in [5.41, 5.74) is 40.6. The number of unbranched alkanes of at least 4 members (excludes halogenated alkanes) is 2. The van der Waals surface area contributed by atoms with Gasteiger partial charge in [-0.15, -0.1) is 0 Å². The number of rotatable bonds is 60. The summed E-state index contributed by atoms with van der Waals surface area (Å²) < 4.78 is 29.4. The van der Waals surface area contributed by atoms with Crippen LogP contribution in [0.2, 0.25) is 0 Å². The Morgan fingerprint density at radius 3 is 1.78 bits per heavy atom. The van der Waals surface area contributed by atoms with Crippen molar-refractivity contribution in [2.75, 3.05) is 65.0 Å². The van der Waals surface area contributed by atoms with Gasteiger partial charge in [0.05, 0.1) is 49.6 Å². The smallest absolute Gasteiger partial charge is 0.469 e. The molecule has 40 heteroatoms. The van der Waals surface area contributed by atoms with Crippen LogP contribution in [0.1, 0.15) is 174 Å². The van der Waals surface area contributed by atoms with Gasteiger partial charge < -0.3 is 102 Å². The molecule has 2 aromatic rings. The summed E-state index contributed by atoms with van der Waals surface area (Å²) in [6.45, 7) is 5.59. The number of likely N-dealkylation sites (tertiary alicyclic amines) is 1. The van der Waals surface area contributed by atoms with E-state index in [1.165, 1.54) is 55.0 Å². The molecule has 0 aliphatic carbocycles. The molecule has 0 saturated carbocycles. The Bertz CT molecular complexity index is 3630. The second-order valence-corrected chi connectivity index (χ2v) is 32.5. The van der Waals surface area contributed by atoms with Gasteiger partial charge in [-0.05, 0) is 139 Å². The molecule has 0 bridgehead atoms. The molecule has 7 amide bonds. The number of carbonyl (C=O) groups excluding carboxylic acids is 13. The van der Waals surface area contributed by atoms with Gasteiger partial charge in [-0.1, -0.05) is 46.2 Å². The van der Waals surface area contributed by atoms with Crippen molar-refractivity contribution in [3.8, 4) is 5.75 Å². The lowest BCUT2D eigenvalue weighted by molar-refractivity contribution is -0.141. The third-order valence-corrected chi connectivity index (χ3v) is 21.6. The average molecular weight is 1660 g/mol. The largest absolute Gasteiger partial charge is 0.508 e. The third-order valence-electron chi connectivity index (χ3n) is 20.3. The fourth-order valence-electron chi connectivity index (χ4n) is 13.3. The molecule has 1 unspecified atom stereocenters. The van der Waals surface area contributed by atoms with Crippen LogP contribution in [0.5, 0.6) is 5.75 Å². The zero-order valence-electron chi connectivity index (χ0n) is 67.0. The number of aromatic nitrogens is 2. The predicted octanol–water partition coefficient (Wildman–Crippen LogP) is -1.45. The van der Waals surface area contributed by atoms with E-state index >= 15 is 0 Å². The number of H-pyrrole nitrogens is 1. The number of aliphatic hydroxyl groups is 1. The number of nitrogens with zero attached hydrogens (tertiary/aromatic N) is 4. The number of hydrogen-bond acceptors (Lipinski definition) is 24. The molecule has 2 heterocycles. The number of carbonyl (C=O) groups is 13. The number of likely N-dealkylation sites (N-methyl/N-ethyl adjacent to an activating group) is 1. The normalized spacial score (nSPS) is 16.3. The minimum absolute atomic E-state index is 0.0254. The molecular weight excluding hydrogens is 1540 g/mol. The number of amides is 7. The number of Topliss-reactive ketones (excluding diaryl/α,β-unsaturated/α-hetero) is 6. The SMILES string of the molecule is CC[C@H](C)[C@H](NC(=O)[C@@H](N)CCCN=C(N)N)C(=O)C[C@@H](Cc1cnc[nH]1)C(=O)C[C@@H](CCS(C)=O)C(=O)C[C@H](C(=O)N[C@@H](Cc1ccc(O)cc1)C(=O)C[C@@H](CO)C(=O)N[C@@H](CCCCN)C(=O)C[C@@H](CCCN=C(N)N)C(=O)N[C@@H](COP(=O)(O)O)C(=O)CCC(=O)N[C@@H](CCCCN)C(=O)N1CCC[C@H]1C(=O)NC)C(C)C. The second-order valence-electron chi connectivity index (χ2n) is 29.7. The van der Waals surface area contributed by atoms with Crippen molar-refractivity contribution in [2.45, 2.75) is 218 Å². The Balaban J connectivity index is 1.96. The Morgan fingerprint density at radius 2 is 1.22 bits per heavy atom. The van der Waals surface area contributed by atoms with Crippen LogP contribution in [0.15, 0.2) is 46.8 Å². The molecular formula is C75H125N18O20PS. The molecule has 0 radical (unpaired) electrons. The van der Waals surface area contributed by atoms with Gasteiger partial charge in [-0.3, -0.25) is 81.0 Å². The molecule has 1 aromatic heterocycles. The molecule has 646 valence electrons. The third kappa shape index (κ3) is 37.8. The van der Waals surface area contributed by atoms with E-state index in [1.807, 2.05) is 6.92 Å². The highest BCUT2D eigenvalue weighted by Gasteiger charge is 2.41. The van der Waals surface area contributed by atoms with E-state index in [1.54, 1.807) is 20.8 Å². The average Bonchev–Trinajstić information content (AvgIpc) is 1.52. The summed E-state index contributed by atoms with van der Waals surface area (Å²) in [4.78, 5) is 220. The topological polar surface area (TPSA) is 657 Å². The molecule has 1 aliphatic rings. The first-order valence-electron chi connectivity index (χ1n) is 39.2. The van der Waals surface area contributed by atoms with Gasteiger partial charge in [-0.25, -0.2) is 9.55 Å². The highest BCUT2D eigenvalue weighted by atomic mass is 32.2. The van der Waals surface area contributed by atoms with Crippen LogP contribution in [0.4, 0.5) is 0 Å². The summed E-state index contributed by atoms with van der Waals surface area (Å²) in [5, 5.41) is 36.8. The minimum atomic E-state index is -5.34. The Morgan fingerprint density at radius 1 is 0.652 bits per heavy atom. The maximum Gasteiger partial charge on any atom is 0.469 e. The van der Waals surface area contributed by atoms with Crippen molar-refractivity contribution >= 4 is 107 Å². The zero-order valence-corrected chi connectivity index (χ0v) is 68.7. The van der Waals surface area contributed by atoms with Crippen LogP contribution in [-0.4, -0.2) is 234 Å². The molecule has 1 fully saturated rings. The van der Waals surface area contributed by atoms with Gasteiger partial charge in [-0.2, -0.15) is 0 Å². The Hall–Kier alpha value is -8.82. The number of aromatic amines is 1. The van der Waals surface area contributed by atoms with Gasteiger partial charge >= 0.3 is 7.82 Å². The van der Waals surface area contributed by atoms with Crippen LogP contribution < -0.4 is 72.0 Å². The number of aliphatic imine (C=N–C) groups is 2. The summed E-state index contributed by atoms with van der Waals surface area (Å²) in [7, 11) is -5.39. The number of nitrogens with one attached hydrogen (secondary N) is 7. The zero-order chi connectivity index (χ0) is 86.1. The fraction of sp³-hybridized carbons (Fsp3) is 0.680. The van der Waals surface area contributed by atoms with Crippen molar-refractivity contribution in [3.05, 3.63) is 48.0 Å². The Labute approximate surface area is 674 Å². The van der Waals surface area contributed by atoms with E-state index in [9.17, 15) is 91.1 Å². The molecule has 25 N–H and O–H groups in total. The number of phosphoric ester groups is 1. The first-order valence-corrected chi connectivity index (χ1v) is 42.4. The number of guanidine groups is 2. The lowest BCUT2D eigenvalue weighted by Gasteiger charge is -2.28. The van der Waals surface area contributed by atoms with E-state index in [-0.39, 0.29) is 120 Å². The monoisotopic (exact) mass is 1660 g/mol. The molecule has 0 spiro atoms. The number of ketones is 6. The summed E-state index contributed by atoms with van der Waals surface area (Å²) in [5.74, 6) is -17.3. The van der Waals surface area contributed by atoms with E-state index in [4.69, 9.17) is 40.1 Å². The van der Waals surface area contributed by atoms with Gasteiger partial charge in [0.1, 0.15) is 35.4 Å². The number of aromatic hydroxyl groups is 1. The number of aliphatic hydroxyl groups excluding tert-OH is 1. The molecule has 1 saturated heterocycles. The molecule has 115 heavy (non-hydrogen) atoms. The maximum atomic E-state index is 14.8. The minimum Gasteiger partial charge on any atom is -0.508 e. The van der Waals surface area contributed by atoms with Crippen molar-refractivity contribution in [3.63, 3.8) is 0 Å². The summed E-state index contributed by atoms with van der Waals surface area (Å²) in [6, 6.07) is -3.17. The van der Waals surface area contributed by atoms with E-state index in [2.05, 4.69) is 56.4 Å². The lowest BCUT2D eigenvalue weighted by Crippen LogP contribution is -2.53. The van der Waals surface area contributed by atoms with Crippen molar-refractivity contribution < 1.29 is 95.6 Å². The molecule has 1 aromatic carbocycles.